The Hall–Kier alpha value is -2.20. The SMILES string of the molecule is CCCCN1C(=O)C2=CC=CC3(C)C(Cc4ccc(Br)cc4)=CC=C(C1=O)C23. The molecule has 0 radical (unpaired) electrons. The molecule has 2 unspecified atom stereocenters. The number of allylic oxidation sites excluding steroid dienone is 6. The summed E-state index contributed by atoms with van der Waals surface area (Å²) in [5, 5.41) is 0. The van der Waals surface area contributed by atoms with Crippen molar-refractivity contribution in [1.82, 2.24) is 4.90 Å². The lowest BCUT2D eigenvalue weighted by Crippen LogP contribution is -2.52. The van der Waals surface area contributed by atoms with Crippen molar-refractivity contribution in [3.05, 3.63) is 81.4 Å². The smallest absolute Gasteiger partial charge is 0.257 e. The van der Waals surface area contributed by atoms with Crippen LogP contribution < -0.4 is 0 Å². The number of amides is 2. The number of piperidine rings is 1. The molecule has 1 fully saturated rings. The Balaban J connectivity index is 1.74. The third-order valence-electron chi connectivity index (χ3n) is 6.12. The van der Waals surface area contributed by atoms with Crippen molar-refractivity contribution in [3.63, 3.8) is 0 Å². The lowest BCUT2D eigenvalue weighted by molar-refractivity contribution is -0.143. The van der Waals surface area contributed by atoms with E-state index in [9.17, 15) is 9.59 Å². The Morgan fingerprint density at radius 3 is 2.39 bits per heavy atom. The van der Waals surface area contributed by atoms with E-state index in [1.165, 1.54) is 16.0 Å². The van der Waals surface area contributed by atoms with Crippen LogP contribution in [0.4, 0.5) is 0 Å². The average molecular weight is 438 g/mol. The maximum absolute atomic E-state index is 13.1. The van der Waals surface area contributed by atoms with E-state index in [2.05, 4.69) is 54.1 Å². The average Bonchev–Trinajstić information content (AvgIpc) is 2.68. The van der Waals surface area contributed by atoms with Crippen LogP contribution in [0.3, 0.4) is 0 Å². The van der Waals surface area contributed by atoms with Crippen molar-refractivity contribution in [3.8, 4) is 0 Å². The van der Waals surface area contributed by atoms with Crippen LogP contribution in [0.2, 0.25) is 0 Å². The molecule has 1 saturated heterocycles. The predicted octanol–water partition coefficient (Wildman–Crippen LogP) is 5.15. The molecule has 1 aliphatic heterocycles. The maximum atomic E-state index is 13.1. The van der Waals surface area contributed by atoms with Crippen LogP contribution >= 0.6 is 15.9 Å². The number of hydrogen-bond donors (Lipinski definition) is 0. The van der Waals surface area contributed by atoms with Gasteiger partial charge in [0.1, 0.15) is 0 Å². The number of carbonyl (C=O) groups excluding carboxylic acids is 2. The molecule has 1 aromatic rings. The number of imide groups is 1. The van der Waals surface area contributed by atoms with Gasteiger partial charge in [-0.1, -0.05) is 84.3 Å². The zero-order valence-corrected chi connectivity index (χ0v) is 17.8. The number of rotatable bonds is 5. The Morgan fingerprint density at radius 2 is 1.71 bits per heavy atom. The summed E-state index contributed by atoms with van der Waals surface area (Å²) in [5.41, 5.74) is 3.58. The zero-order chi connectivity index (χ0) is 19.9. The van der Waals surface area contributed by atoms with E-state index in [1.807, 2.05) is 30.4 Å². The molecular formula is C24H24BrNO2. The summed E-state index contributed by atoms with van der Waals surface area (Å²) >= 11 is 3.48. The molecule has 3 nitrogen and oxygen atoms in total. The Labute approximate surface area is 174 Å². The fourth-order valence-corrected chi connectivity index (χ4v) is 4.76. The third-order valence-corrected chi connectivity index (χ3v) is 6.65. The fraction of sp³-hybridized carbons (Fsp3) is 0.333. The predicted molar refractivity (Wildman–Crippen MR) is 114 cm³/mol. The zero-order valence-electron chi connectivity index (χ0n) is 16.2. The van der Waals surface area contributed by atoms with E-state index >= 15 is 0 Å². The molecule has 0 N–H and O–H groups in total. The first-order chi connectivity index (χ1) is 13.5. The van der Waals surface area contributed by atoms with Crippen molar-refractivity contribution in [2.45, 2.75) is 33.1 Å². The number of likely N-dealkylation sites (tertiary alicyclic amines) is 1. The highest BCUT2D eigenvalue weighted by Crippen LogP contribution is 2.52. The molecule has 1 heterocycles. The minimum Gasteiger partial charge on any atom is -0.275 e. The molecule has 0 bridgehead atoms. The van der Waals surface area contributed by atoms with Gasteiger partial charge in [-0.25, -0.2) is 0 Å². The topological polar surface area (TPSA) is 37.4 Å². The van der Waals surface area contributed by atoms with Crippen LogP contribution in [0.15, 0.2) is 75.8 Å². The summed E-state index contributed by atoms with van der Waals surface area (Å²) in [6.45, 7) is 4.71. The van der Waals surface area contributed by atoms with Crippen molar-refractivity contribution >= 4 is 27.7 Å². The third kappa shape index (κ3) is 3.04. The summed E-state index contributed by atoms with van der Waals surface area (Å²) in [7, 11) is 0. The van der Waals surface area contributed by atoms with E-state index in [-0.39, 0.29) is 23.1 Å². The Bertz CT molecular complexity index is 951. The molecule has 28 heavy (non-hydrogen) atoms. The highest BCUT2D eigenvalue weighted by atomic mass is 79.9. The van der Waals surface area contributed by atoms with Gasteiger partial charge < -0.3 is 0 Å². The standard InChI is InChI=1S/C24H24BrNO2/c1-3-4-14-26-22(27)19-6-5-13-24(2)17(9-12-20(21(19)24)23(26)28)15-16-7-10-18(25)11-8-16/h5-13,21H,3-4,14-15H2,1-2H3. The second kappa shape index (κ2) is 7.32. The summed E-state index contributed by atoms with van der Waals surface area (Å²) in [6.07, 6.45) is 12.7. The first-order valence-corrected chi connectivity index (χ1v) is 10.7. The number of halogens is 1. The first kappa shape index (κ1) is 19.1. The number of benzene rings is 1. The van der Waals surface area contributed by atoms with Crippen molar-refractivity contribution in [2.24, 2.45) is 11.3 Å². The molecule has 144 valence electrons. The monoisotopic (exact) mass is 437 g/mol. The largest absolute Gasteiger partial charge is 0.275 e. The quantitative estimate of drug-likeness (QED) is 0.597. The summed E-state index contributed by atoms with van der Waals surface area (Å²) < 4.78 is 1.06. The van der Waals surface area contributed by atoms with Crippen molar-refractivity contribution in [2.75, 3.05) is 6.54 Å². The summed E-state index contributed by atoms with van der Waals surface area (Å²) in [6, 6.07) is 8.31. The second-order valence-corrected chi connectivity index (χ2v) is 8.85. The highest BCUT2D eigenvalue weighted by Gasteiger charge is 2.51. The van der Waals surface area contributed by atoms with Gasteiger partial charge in [0, 0.05) is 33.5 Å². The van der Waals surface area contributed by atoms with E-state index in [4.69, 9.17) is 0 Å². The highest BCUT2D eigenvalue weighted by molar-refractivity contribution is 9.10. The number of hydrogen-bond acceptors (Lipinski definition) is 2. The minimum absolute atomic E-state index is 0.124. The van der Waals surface area contributed by atoms with Crippen molar-refractivity contribution in [1.29, 1.82) is 0 Å². The van der Waals surface area contributed by atoms with Crippen LogP contribution in [0.25, 0.3) is 0 Å². The van der Waals surface area contributed by atoms with E-state index < -0.39 is 0 Å². The van der Waals surface area contributed by atoms with Gasteiger partial charge in [0.05, 0.1) is 0 Å². The van der Waals surface area contributed by atoms with Gasteiger partial charge >= 0.3 is 0 Å². The molecule has 0 spiro atoms. The summed E-state index contributed by atoms with van der Waals surface area (Å²) in [4.78, 5) is 27.6. The molecule has 4 heteroatoms. The van der Waals surface area contributed by atoms with E-state index in [0.29, 0.717) is 6.54 Å². The maximum Gasteiger partial charge on any atom is 0.257 e. The van der Waals surface area contributed by atoms with Crippen LogP contribution in [0, 0.1) is 11.3 Å². The van der Waals surface area contributed by atoms with Gasteiger partial charge in [-0.05, 0) is 30.5 Å². The van der Waals surface area contributed by atoms with Gasteiger partial charge in [-0.3, -0.25) is 14.5 Å². The number of nitrogens with zero attached hydrogens (tertiary/aromatic N) is 1. The van der Waals surface area contributed by atoms with Crippen LogP contribution in [0.5, 0.6) is 0 Å². The van der Waals surface area contributed by atoms with Gasteiger partial charge in [0.2, 0.25) is 0 Å². The number of unbranched alkanes of at least 4 members (excludes halogenated alkanes) is 1. The fourth-order valence-electron chi connectivity index (χ4n) is 4.50. The normalized spacial score (nSPS) is 25.9. The van der Waals surface area contributed by atoms with Crippen LogP contribution in [0.1, 0.15) is 32.3 Å². The van der Waals surface area contributed by atoms with Gasteiger partial charge in [-0.2, -0.15) is 0 Å². The molecular weight excluding hydrogens is 414 g/mol. The lowest BCUT2D eigenvalue weighted by atomic mass is 9.58. The molecule has 2 amide bonds. The second-order valence-electron chi connectivity index (χ2n) is 7.93. The van der Waals surface area contributed by atoms with Crippen LogP contribution in [-0.4, -0.2) is 23.3 Å². The minimum atomic E-state index is -0.358. The lowest BCUT2D eigenvalue weighted by Gasteiger charge is -2.47. The van der Waals surface area contributed by atoms with E-state index in [1.54, 1.807) is 0 Å². The van der Waals surface area contributed by atoms with Crippen molar-refractivity contribution < 1.29 is 9.59 Å². The van der Waals surface area contributed by atoms with Gasteiger partial charge in [0.15, 0.2) is 0 Å². The van der Waals surface area contributed by atoms with Gasteiger partial charge in [-0.15, -0.1) is 0 Å². The van der Waals surface area contributed by atoms with Crippen LogP contribution in [-0.2, 0) is 16.0 Å². The first-order valence-electron chi connectivity index (χ1n) is 9.87. The molecule has 2 aliphatic carbocycles. The molecule has 2 atom stereocenters. The molecule has 0 aromatic heterocycles. The molecule has 1 aromatic carbocycles. The summed E-state index contributed by atoms with van der Waals surface area (Å²) in [5.74, 6) is -0.437. The Morgan fingerprint density at radius 1 is 1.04 bits per heavy atom. The number of carbonyl (C=O) groups is 2. The Kier molecular flexibility index (Phi) is 5.00. The molecule has 0 saturated carbocycles. The van der Waals surface area contributed by atoms with E-state index in [0.717, 1.165) is 34.9 Å². The molecule has 3 aliphatic rings. The van der Waals surface area contributed by atoms with Gasteiger partial charge in [0.25, 0.3) is 11.8 Å². The molecule has 4 rings (SSSR count).